The number of hydrogen-bond donors (Lipinski definition) is 19. The molecule has 68 heavy (non-hydrogen) atoms. The summed E-state index contributed by atoms with van der Waals surface area (Å²) in [5, 5.41) is 184. The van der Waals surface area contributed by atoms with Gasteiger partial charge in [-0.1, -0.05) is 0 Å². The van der Waals surface area contributed by atoms with Crippen LogP contribution < -0.4 is 10.6 Å². The van der Waals surface area contributed by atoms with Crippen LogP contribution in [0.3, 0.4) is 0 Å². The molecule has 0 spiro atoms. The molecular weight excluding hydrogens is 936 g/mol. The van der Waals surface area contributed by atoms with E-state index in [4.69, 9.17) is 37.9 Å². The van der Waals surface area contributed by atoms with E-state index < -0.39 is 210 Å². The summed E-state index contributed by atoms with van der Waals surface area (Å²) in [6, 6.07) is -3.58. The van der Waals surface area contributed by atoms with Gasteiger partial charge in [0.1, 0.15) is 116 Å². The molecule has 31 heteroatoms. The van der Waals surface area contributed by atoms with Crippen molar-refractivity contribution in [2.24, 2.45) is 0 Å². The number of carbonyl (C=O) groups is 4. The molecule has 19 N–H and O–H groups in total. The molecule has 31 nitrogen and oxygen atoms in total. The first-order valence-electron chi connectivity index (χ1n) is 21.0. The molecule has 0 aromatic carbocycles. The summed E-state index contributed by atoms with van der Waals surface area (Å²) in [6.07, 6.45) is -47.6. The average Bonchev–Trinajstić information content (AvgIpc) is 3.30. The summed E-state index contributed by atoms with van der Waals surface area (Å²) >= 11 is 0. The second-order valence-corrected chi connectivity index (χ2v) is 16.5. The number of hydrogen-bond acceptors (Lipinski definition) is 28. The molecule has 0 saturated carbocycles. The second kappa shape index (κ2) is 25.0. The maximum Gasteiger partial charge on any atom is 0.364 e. The van der Waals surface area contributed by atoms with Gasteiger partial charge < -0.3 is 140 Å². The highest BCUT2D eigenvalue weighted by Crippen LogP contribution is 2.37. The van der Waals surface area contributed by atoms with Crippen LogP contribution in [0.1, 0.15) is 20.3 Å². The third-order valence-electron chi connectivity index (χ3n) is 11.6. The van der Waals surface area contributed by atoms with E-state index in [0.717, 1.165) is 13.8 Å². The lowest BCUT2D eigenvalue weighted by atomic mass is 9.88. The number of carboxylic acids is 1. The fraction of sp³-hybridized carbons (Fsp3) is 0.892. The van der Waals surface area contributed by atoms with Gasteiger partial charge in [0.15, 0.2) is 25.2 Å². The van der Waals surface area contributed by atoms with Gasteiger partial charge in [-0.3, -0.25) is 9.59 Å². The molecule has 0 unspecified atom stereocenters. The number of ether oxygens (including phenoxy) is 8. The number of aliphatic hydroxyl groups excluding tert-OH is 16. The molecule has 4 heterocycles. The molecule has 25 atom stereocenters. The maximum atomic E-state index is 13.0. The third kappa shape index (κ3) is 13.0. The van der Waals surface area contributed by atoms with Crippen LogP contribution in [-0.4, -0.2) is 297 Å². The zero-order valence-corrected chi connectivity index (χ0v) is 36.2. The summed E-state index contributed by atoms with van der Waals surface area (Å²) in [5.41, 5.74) is 0. The van der Waals surface area contributed by atoms with Gasteiger partial charge in [0.05, 0.1) is 45.2 Å². The largest absolute Gasteiger partial charge is 0.477 e. The van der Waals surface area contributed by atoms with Crippen LogP contribution in [0.2, 0.25) is 0 Å². The molecule has 4 rings (SSSR count). The van der Waals surface area contributed by atoms with Crippen molar-refractivity contribution in [3.8, 4) is 0 Å². The van der Waals surface area contributed by atoms with Crippen molar-refractivity contribution in [1.29, 1.82) is 0 Å². The van der Waals surface area contributed by atoms with E-state index in [1.807, 2.05) is 0 Å². The van der Waals surface area contributed by atoms with Gasteiger partial charge in [0.25, 0.3) is 5.79 Å². The summed E-state index contributed by atoms with van der Waals surface area (Å²) in [4.78, 5) is 49.0. The SMILES string of the molecule is CC(=O)N[C@H]1[C@H](O[C@H]2[C@H](O)[C@@H](O[C@@H]([C@H](O)[C@H](O)C=O)[C@H](O)CO)O[C@@H](CO)[C@@H]2O)O[C@H](CO[C@@]2(C(=O)O)C[C@@H](O)[C@@H](NC(C)=O)[C@@H]([C@@H](O)[C@@H](O)CO)O2)[C@@H](O)[C@H]1O[C@@H]1O[C@H](CO)[C@@H](O)[C@H](O)[C@@H]1O. The average molecular weight is 999 g/mol. The van der Waals surface area contributed by atoms with Crippen LogP contribution in [0.25, 0.3) is 0 Å². The lowest BCUT2D eigenvalue weighted by molar-refractivity contribution is -0.376. The molecule has 0 bridgehead atoms. The van der Waals surface area contributed by atoms with Crippen LogP contribution in [0.5, 0.6) is 0 Å². The minimum Gasteiger partial charge on any atom is -0.477 e. The first-order valence-corrected chi connectivity index (χ1v) is 21.0. The highest BCUT2D eigenvalue weighted by Gasteiger charge is 2.59. The van der Waals surface area contributed by atoms with E-state index in [-0.39, 0.29) is 6.29 Å². The lowest BCUT2D eigenvalue weighted by Crippen LogP contribution is -2.71. The van der Waals surface area contributed by atoms with Crippen molar-refractivity contribution in [2.75, 3.05) is 33.0 Å². The Hall–Kier alpha value is -2.88. The van der Waals surface area contributed by atoms with E-state index in [2.05, 4.69) is 10.6 Å². The molecule has 394 valence electrons. The first kappa shape index (κ1) is 57.7. The molecule has 4 saturated heterocycles. The summed E-state index contributed by atoms with van der Waals surface area (Å²) in [5.74, 6) is -6.89. The van der Waals surface area contributed by atoms with Gasteiger partial charge in [-0.2, -0.15) is 0 Å². The highest BCUT2D eigenvalue weighted by atomic mass is 16.8. The van der Waals surface area contributed by atoms with E-state index in [9.17, 15) is 106 Å². The van der Waals surface area contributed by atoms with Crippen molar-refractivity contribution < 1.29 is 144 Å². The number of rotatable bonds is 22. The van der Waals surface area contributed by atoms with E-state index in [0.29, 0.717) is 0 Å². The Kier molecular flexibility index (Phi) is 21.2. The van der Waals surface area contributed by atoms with Gasteiger partial charge in [0, 0.05) is 20.3 Å². The van der Waals surface area contributed by atoms with Gasteiger partial charge >= 0.3 is 5.97 Å². The van der Waals surface area contributed by atoms with Gasteiger partial charge in [0.2, 0.25) is 11.8 Å². The molecule has 4 aliphatic rings. The van der Waals surface area contributed by atoms with E-state index in [1.165, 1.54) is 0 Å². The second-order valence-electron chi connectivity index (χ2n) is 16.5. The van der Waals surface area contributed by atoms with E-state index >= 15 is 0 Å². The zero-order chi connectivity index (χ0) is 51.1. The molecule has 0 aliphatic carbocycles. The van der Waals surface area contributed by atoms with Crippen LogP contribution in [0.4, 0.5) is 0 Å². The number of amides is 2. The van der Waals surface area contributed by atoms with Crippen molar-refractivity contribution in [3.05, 3.63) is 0 Å². The Balaban J connectivity index is 1.79. The number of aldehydes is 1. The van der Waals surface area contributed by atoms with Crippen LogP contribution in [-0.2, 0) is 57.1 Å². The number of aliphatic carboxylic acids is 1. The highest BCUT2D eigenvalue weighted by molar-refractivity contribution is 5.76. The number of nitrogens with one attached hydrogen (secondary N) is 2. The summed E-state index contributed by atoms with van der Waals surface area (Å²) < 4.78 is 45.3. The van der Waals surface area contributed by atoms with Crippen LogP contribution >= 0.6 is 0 Å². The molecule has 4 aliphatic heterocycles. The molecule has 0 aromatic rings. The fourth-order valence-electron chi connectivity index (χ4n) is 7.96. The van der Waals surface area contributed by atoms with Crippen molar-refractivity contribution >= 4 is 24.1 Å². The van der Waals surface area contributed by atoms with Crippen molar-refractivity contribution in [1.82, 2.24) is 10.6 Å². The Labute approximate surface area is 384 Å². The minimum atomic E-state index is -3.08. The Morgan fingerprint density at radius 2 is 1.21 bits per heavy atom. The molecule has 0 aromatic heterocycles. The first-order chi connectivity index (χ1) is 31.9. The fourth-order valence-corrected chi connectivity index (χ4v) is 7.96. The van der Waals surface area contributed by atoms with Crippen LogP contribution in [0.15, 0.2) is 0 Å². The van der Waals surface area contributed by atoms with Gasteiger partial charge in [-0.15, -0.1) is 0 Å². The predicted octanol–water partition coefficient (Wildman–Crippen LogP) is -12.6. The van der Waals surface area contributed by atoms with Crippen molar-refractivity contribution in [3.63, 3.8) is 0 Å². The number of carbonyl (C=O) groups excluding carboxylic acids is 3. The van der Waals surface area contributed by atoms with Crippen molar-refractivity contribution in [2.45, 2.75) is 173 Å². The zero-order valence-electron chi connectivity index (χ0n) is 36.2. The normalized spacial score (nSPS) is 41.6. The van der Waals surface area contributed by atoms with Gasteiger partial charge in [-0.05, 0) is 0 Å². The monoisotopic (exact) mass is 998 g/mol. The minimum absolute atomic E-state index is 0.165. The number of carboxylic acid groups (broad SMARTS) is 1. The summed E-state index contributed by atoms with van der Waals surface area (Å²) in [6.45, 7) is -3.69. The Morgan fingerprint density at radius 1 is 0.676 bits per heavy atom. The topological polar surface area (TPSA) is 510 Å². The quantitative estimate of drug-likeness (QED) is 0.0448. The molecular formula is C37H62N2O29. The Morgan fingerprint density at radius 3 is 1.75 bits per heavy atom. The maximum absolute atomic E-state index is 13.0. The molecule has 0 radical (unpaired) electrons. The smallest absolute Gasteiger partial charge is 0.364 e. The third-order valence-corrected chi connectivity index (χ3v) is 11.6. The summed E-state index contributed by atoms with van der Waals surface area (Å²) in [7, 11) is 0. The Bertz CT molecular complexity index is 1640. The number of aliphatic hydroxyl groups is 16. The van der Waals surface area contributed by atoms with E-state index in [1.54, 1.807) is 0 Å². The molecule has 4 fully saturated rings. The molecule has 2 amide bonds. The van der Waals surface area contributed by atoms with Crippen LogP contribution in [0, 0.1) is 0 Å². The lowest BCUT2D eigenvalue weighted by Gasteiger charge is -2.50. The predicted molar refractivity (Wildman–Crippen MR) is 208 cm³/mol. The van der Waals surface area contributed by atoms with Gasteiger partial charge in [-0.25, -0.2) is 4.79 Å². The standard InChI is InChI=1S/C37H62N2O29/c1-10(45)38-19-12(47)3-37(36(59)60,68-31(19)22(52)14(49)5-41)61-9-18-25(55)30(66-34-27(57)26(56)23(53)16(7-43)62-34)20(39-11(2)46)33(64-18)67-32-24(54)17(8-44)63-35(28(32)58)65-29(15(50)6-42)21(51)13(48)4-40/h4,12-35,41-44,47-58H,3,5-9H2,1-2H3,(H,38,45)(H,39,46)(H,59,60)/t12-,13-,14+,15-,16-,17+,18-,19-,20-,21-,22+,23-,24+,25-,26+,27+,28+,29-,30+,31+,32-,33+,34+,35-,37+/m1/s1.